The van der Waals surface area contributed by atoms with Gasteiger partial charge in [-0.1, -0.05) is 30.1 Å². The second-order valence-electron chi connectivity index (χ2n) is 9.29. The van der Waals surface area contributed by atoms with Gasteiger partial charge in [0.2, 0.25) is 5.91 Å². The molecule has 8 nitrogen and oxygen atoms in total. The van der Waals surface area contributed by atoms with E-state index in [1.807, 2.05) is 25.1 Å². The molecule has 2 aliphatic heterocycles. The fraction of sp³-hybridized carbons (Fsp3) is 0.542. The van der Waals surface area contributed by atoms with Gasteiger partial charge in [-0.05, 0) is 62.1 Å². The second-order valence-corrected chi connectivity index (χ2v) is 10.2. The molecule has 3 aliphatic rings. The van der Waals surface area contributed by atoms with Crippen molar-refractivity contribution in [3.63, 3.8) is 0 Å². The standard InChI is InChI=1S/C24H32Cl2N6O2/c1-14-9-16(25)10-19(26)23(14)15(2)29-22-11-17(3-4-20(22)30-27)31-7-8-32(18(12-31)13-33)24(34)21-5-6-28-21/h3-4,10-11,14-15,18,21,27-29,33H,5-9,12-13H2,1-2H3/t14?,15?,18?,21-/m1/s1. The lowest BCUT2D eigenvalue weighted by atomic mass is 9.88. The molecule has 2 saturated heterocycles. The molecule has 1 aromatic rings. The third-order valence-corrected chi connectivity index (χ3v) is 7.58. The summed E-state index contributed by atoms with van der Waals surface area (Å²) in [6, 6.07) is 5.27. The Kier molecular flexibility index (Phi) is 7.82. The van der Waals surface area contributed by atoms with Crippen molar-refractivity contribution >= 4 is 46.2 Å². The molecule has 1 amide bonds. The molecule has 4 N–H and O–H groups in total. The summed E-state index contributed by atoms with van der Waals surface area (Å²) in [7, 11) is 0. The van der Waals surface area contributed by atoms with E-state index in [1.165, 1.54) is 0 Å². The summed E-state index contributed by atoms with van der Waals surface area (Å²) in [5, 5.41) is 21.7. The smallest absolute Gasteiger partial charge is 0.240 e. The maximum absolute atomic E-state index is 12.7. The van der Waals surface area contributed by atoms with Crippen molar-refractivity contribution in [1.82, 2.24) is 10.2 Å². The van der Waals surface area contributed by atoms with E-state index in [4.69, 9.17) is 28.7 Å². The highest BCUT2D eigenvalue weighted by Crippen LogP contribution is 2.38. The van der Waals surface area contributed by atoms with Gasteiger partial charge < -0.3 is 25.5 Å². The van der Waals surface area contributed by atoms with Crippen LogP contribution in [-0.2, 0) is 4.79 Å². The number of nitrogens with zero attached hydrogens (tertiary/aromatic N) is 3. The molecule has 2 fully saturated rings. The first-order chi connectivity index (χ1) is 16.3. The van der Waals surface area contributed by atoms with E-state index in [-0.39, 0.29) is 36.6 Å². The van der Waals surface area contributed by atoms with Crippen LogP contribution in [0.3, 0.4) is 0 Å². The van der Waals surface area contributed by atoms with Crippen LogP contribution in [0.25, 0.3) is 0 Å². The van der Waals surface area contributed by atoms with E-state index in [1.54, 1.807) is 11.0 Å². The Morgan fingerprint density at radius 3 is 2.76 bits per heavy atom. The average molecular weight is 507 g/mol. The molecular weight excluding hydrogens is 475 g/mol. The van der Waals surface area contributed by atoms with Gasteiger partial charge in [-0.2, -0.15) is 5.11 Å². The SMILES string of the molecule is CC1CC(Cl)=CC(Cl)=C1C(C)Nc1cc(N2CCN(C(=O)[C@H]3CCN3)C(CO)C2)ccc1N=N. The fourth-order valence-electron chi connectivity index (χ4n) is 5.03. The van der Waals surface area contributed by atoms with Crippen molar-refractivity contribution in [2.24, 2.45) is 11.0 Å². The van der Waals surface area contributed by atoms with Gasteiger partial charge >= 0.3 is 0 Å². The molecule has 0 radical (unpaired) electrons. The van der Waals surface area contributed by atoms with Gasteiger partial charge in [0.1, 0.15) is 5.69 Å². The predicted molar refractivity (Wildman–Crippen MR) is 136 cm³/mol. The minimum Gasteiger partial charge on any atom is -0.394 e. The molecule has 1 aliphatic carbocycles. The van der Waals surface area contributed by atoms with Crippen molar-refractivity contribution in [2.45, 2.75) is 44.8 Å². The maximum atomic E-state index is 12.7. The van der Waals surface area contributed by atoms with Gasteiger partial charge in [-0.15, -0.1) is 0 Å². The second kappa shape index (κ2) is 10.6. The third-order valence-electron chi connectivity index (χ3n) is 6.99. The number of nitrogens with one attached hydrogen (secondary N) is 3. The summed E-state index contributed by atoms with van der Waals surface area (Å²) in [5.74, 6) is 0.276. The monoisotopic (exact) mass is 506 g/mol. The Hall–Kier alpha value is -2.13. The number of rotatable bonds is 7. The van der Waals surface area contributed by atoms with E-state index in [0.717, 1.165) is 41.4 Å². The number of allylic oxidation sites excluding steroid dienone is 3. The quantitative estimate of drug-likeness (QED) is 0.415. The molecule has 0 aromatic heterocycles. The van der Waals surface area contributed by atoms with Gasteiger partial charge in [0.15, 0.2) is 0 Å². The lowest BCUT2D eigenvalue weighted by Crippen LogP contribution is -2.63. The number of piperazine rings is 1. The third kappa shape index (κ3) is 5.10. The molecule has 4 atom stereocenters. The Labute approximate surface area is 210 Å². The number of hydrogen-bond acceptors (Lipinski definition) is 7. The van der Waals surface area contributed by atoms with E-state index in [2.05, 4.69) is 27.6 Å². The Bertz CT molecular complexity index is 1010. The zero-order chi connectivity index (χ0) is 24.4. The van der Waals surface area contributed by atoms with Crippen molar-refractivity contribution in [3.8, 4) is 0 Å². The zero-order valence-corrected chi connectivity index (χ0v) is 21.0. The van der Waals surface area contributed by atoms with Crippen molar-refractivity contribution in [2.75, 3.05) is 43.0 Å². The summed E-state index contributed by atoms with van der Waals surface area (Å²) in [6.07, 6.45) is 3.40. The molecule has 0 spiro atoms. The predicted octanol–water partition coefficient (Wildman–Crippen LogP) is 4.18. The van der Waals surface area contributed by atoms with E-state index >= 15 is 0 Å². The van der Waals surface area contributed by atoms with Crippen LogP contribution in [0.4, 0.5) is 17.1 Å². The first kappa shape index (κ1) is 25.0. The van der Waals surface area contributed by atoms with Crippen LogP contribution in [0.5, 0.6) is 0 Å². The largest absolute Gasteiger partial charge is 0.394 e. The van der Waals surface area contributed by atoms with E-state index < -0.39 is 0 Å². The number of carbonyl (C=O) groups excluding carboxylic acids is 1. The first-order valence-corrected chi connectivity index (χ1v) is 12.5. The topological polar surface area (TPSA) is 104 Å². The number of aliphatic hydroxyl groups is 1. The normalized spacial score (nSPS) is 26.0. The molecule has 0 saturated carbocycles. The molecule has 2 heterocycles. The van der Waals surface area contributed by atoms with Crippen LogP contribution in [0.1, 0.15) is 26.7 Å². The Morgan fingerprint density at radius 2 is 2.15 bits per heavy atom. The Balaban J connectivity index is 1.52. The van der Waals surface area contributed by atoms with E-state index in [0.29, 0.717) is 30.4 Å². The van der Waals surface area contributed by atoms with Gasteiger partial charge in [0.05, 0.1) is 24.4 Å². The van der Waals surface area contributed by atoms with Gasteiger partial charge in [-0.3, -0.25) is 4.79 Å². The zero-order valence-electron chi connectivity index (χ0n) is 19.5. The van der Waals surface area contributed by atoms with Gasteiger partial charge in [-0.25, -0.2) is 5.53 Å². The van der Waals surface area contributed by atoms with Crippen LogP contribution in [0.15, 0.2) is 45.0 Å². The first-order valence-electron chi connectivity index (χ1n) is 11.8. The molecule has 3 unspecified atom stereocenters. The molecule has 4 rings (SSSR count). The van der Waals surface area contributed by atoms with Crippen LogP contribution in [-0.4, -0.2) is 66.8 Å². The number of anilines is 2. The lowest BCUT2D eigenvalue weighted by Gasteiger charge is -2.44. The summed E-state index contributed by atoms with van der Waals surface area (Å²) in [6.45, 7) is 6.69. The Morgan fingerprint density at radius 1 is 1.38 bits per heavy atom. The minimum absolute atomic E-state index is 0.0744. The highest BCUT2D eigenvalue weighted by atomic mass is 35.5. The van der Waals surface area contributed by atoms with Crippen molar-refractivity contribution in [3.05, 3.63) is 39.9 Å². The lowest BCUT2D eigenvalue weighted by molar-refractivity contribution is -0.139. The maximum Gasteiger partial charge on any atom is 0.240 e. The van der Waals surface area contributed by atoms with Gasteiger partial charge in [0, 0.05) is 41.4 Å². The van der Waals surface area contributed by atoms with E-state index in [9.17, 15) is 9.90 Å². The number of carbonyl (C=O) groups is 1. The molecule has 34 heavy (non-hydrogen) atoms. The molecule has 10 heteroatoms. The van der Waals surface area contributed by atoms with Crippen LogP contribution in [0, 0.1) is 11.4 Å². The van der Waals surface area contributed by atoms with Crippen LogP contribution in [0.2, 0.25) is 0 Å². The number of halogens is 2. The molecule has 0 bridgehead atoms. The number of amides is 1. The van der Waals surface area contributed by atoms with Crippen LogP contribution >= 0.6 is 23.2 Å². The highest BCUT2D eigenvalue weighted by molar-refractivity contribution is 6.35. The van der Waals surface area contributed by atoms with Gasteiger partial charge in [0.25, 0.3) is 0 Å². The summed E-state index contributed by atoms with van der Waals surface area (Å²) in [4.78, 5) is 16.7. The average Bonchev–Trinajstić information content (AvgIpc) is 2.76. The molecule has 184 valence electrons. The van der Waals surface area contributed by atoms with Crippen LogP contribution < -0.4 is 15.5 Å². The minimum atomic E-state index is -0.261. The molecular formula is C24H32Cl2N6O2. The highest BCUT2D eigenvalue weighted by Gasteiger charge is 2.36. The fourth-order valence-corrected chi connectivity index (χ4v) is 5.91. The number of benzene rings is 1. The number of aliphatic hydroxyl groups excluding tert-OH is 1. The summed E-state index contributed by atoms with van der Waals surface area (Å²) >= 11 is 12.7. The van der Waals surface area contributed by atoms with Crippen molar-refractivity contribution in [1.29, 1.82) is 5.53 Å². The molecule has 1 aromatic carbocycles. The summed E-state index contributed by atoms with van der Waals surface area (Å²) < 4.78 is 0. The summed E-state index contributed by atoms with van der Waals surface area (Å²) in [5.41, 5.74) is 10.9. The number of hydrogen-bond donors (Lipinski definition) is 4. The van der Waals surface area contributed by atoms with Crippen molar-refractivity contribution < 1.29 is 9.90 Å².